The van der Waals surface area contributed by atoms with Gasteiger partial charge in [-0.25, -0.2) is 0 Å². The highest BCUT2D eigenvalue weighted by Gasteiger charge is 2.36. The molecule has 0 bridgehead atoms. The first-order chi connectivity index (χ1) is 13.0. The predicted octanol–water partition coefficient (Wildman–Crippen LogP) is 6.57. The zero-order valence-electron chi connectivity index (χ0n) is 17.7. The zero-order chi connectivity index (χ0) is 18.9. The molecule has 1 aromatic rings. The lowest BCUT2D eigenvalue weighted by Crippen LogP contribution is -2.35. The molecule has 2 heteroatoms. The highest BCUT2D eigenvalue weighted by Crippen LogP contribution is 2.48. The summed E-state index contributed by atoms with van der Waals surface area (Å²) >= 11 is 0. The van der Waals surface area contributed by atoms with Crippen molar-refractivity contribution in [1.82, 2.24) is 5.32 Å². The van der Waals surface area contributed by atoms with E-state index >= 15 is 0 Å². The smallest absolute Gasteiger partial charge is 0.134 e. The standard InChI is InChI=1S/C25H39NO/c1-4-5-6-18-7-8-23-16-22(14-13-21(23)15-18)19-9-11-20(12-10-19)24-26-25(2,3)17-27-24/h9-12,18,21-24,26H,4-8,13-17H2,1-3H3. The Balaban J connectivity index is 1.33. The molecule has 0 radical (unpaired) electrons. The molecular formula is C25H39NO. The third kappa shape index (κ3) is 4.59. The van der Waals surface area contributed by atoms with E-state index in [0.717, 1.165) is 30.3 Å². The van der Waals surface area contributed by atoms with Crippen LogP contribution in [-0.4, -0.2) is 12.1 Å². The van der Waals surface area contributed by atoms with Crippen molar-refractivity contribution >= 4 is 0 Å². The van der Waals surface area contributed by atoms with Crippen molar-refractivity contribution in [3.05, 3.63) is 35.4 Å². The van der Waals surface area contributed by atoms with Gasteiger partial charge in [-0.05, 0) is 80.8 Å². The zero-order valence-corrected chi connectivity index (χ0v) is 17.7. The molecule has 1 aromatic carbocycles. The average Bonchev–Trinajstić information content (AvgIpc) is 3.06. The molecule has 4 rings (SSSR count). The highest BCUT2D eigenvalue weighted by atomic mass is 16.5. The van der Waals surface area contributed by atoms with E-state index < -0.39 is 0 Å². The Morgan fingerprint density at radius 1 is 0.963 bits per heavy atom. The molecule has 27 heavy (non-hydrogen) atoms. The lowest BCUT2D eigenvalue weighted by atomic mass is 9.63. The fourth-order valence-electron chi connectivity index (χ4n) is 5.90. The molecular weight excluding hydrogens is 330 g/mol. The number of benzene rings is 1. The minimum Gasteiger partial charge on any atom is -0.357 e. The van der Waals surface area contributed by atoms with Crippen LogP contribution in [0.1, 0.15) is 102 Å². The molecule has 5 atom stereocenters. The van der Waals surface area contributed by atoms with Crippen molar-refractivity contribution in [3.8, 4) is 0 Å². The lowest BCUT2D eigenvalue weighted by molar-refractivity contribution is 0.0988. The van der Waals surface area contributed by atoms with Gasteiger partial charge in [-0.2, -0.15) is 0 Å². The molecule has 1 saturated heterocycles. The van der Waals surface area contributed by atoms with E-state index in [9.17, 15) is 0 Å². The quantitative estimate of drug-likeness (QED) is 0.633. The third-order valence-electron chi connectivity index (χ3n) is 7.53. The summed E-state index contributed by atoms with van der Waals surface area (Å²) in [7, 11) is 0. The van der Waals surface area contributed by atoms with Gasteiger partial charge >= 0.3 is 0 Å². The molecule has 3 fully saturated rings. The van der Waals surface area contributed by atoms with Crippen LogP contribution in [0.3, 0.4) is 0 Å². The van der Waals surface area contributed by atoms with Crippen LogP contribution >= 0.6 is 0 Å². The fraction of sp³-hybridized carbons (Fsp3) is 0.760. The van der Waals surface area contributed by atoms with Gasteiger partial charge in [-0.15, -0.1) is 0 Å². The molecule has 1 aliphatic heterocycles. The third-order valence-corrected chi connectivity index (χ3v) is 7.53. The fourth-order valence-corrected chi connectivity index (χ4v) is 5.90. The summed E-state index contributed by atoms with van der Waals surface area (Å²) in [6.45, 7) is 7.52. The van der Waals surface area contributed by atoms with Crippen LogP contribution in [0.5, 0.6) is 0 Å². The van der Waals surface area contributed by atoms with E-state index in [1.165, 1.54) is 63.4 Å². The van der Waals surface area contributed by atoms with Crippen molar-refractivity contribution < 1.29 is 4.74 Å². The monoisotopic (exact) mass is 369 g/mol. The highest BCUT2D eigenvalue weighted by molar-refractivity contribution is 5.28. The molecule has 2 aliphatic carbocycles. The van der Waals surface area contributed by atoms with Gasteiger partial charge < -0.3 is 4.74 Å². The number of rotatable bonds is 5. The van der Waals surface area contributed by atoms with Gasteiger partial charge in [0.15, 0.2) is 0 Å². The number of ether oxygens (including phenoxy) is 1. The summed E-state index contributed by atoms with van der Waals surface area (Å²) in [5, 5.41) is 3.58. The SMILES string of the molecule is CCCCC1CCC2CC(c3ccc(C4NC(C)(C)CO4)cc3)CCC2C1. The van der Waals surface area contributed by atoms with Crippen LogP contribution in [0.2, 0.25) is 0 Å². The predicted molar refractivity (Wildman–Crippen MR) is 113 cm³/mol. The molecule has 1 N–H and O–H groups in total. The van der Waals surface area contributed by atoms with Crippen LogP contribution in [-0.2, 0) is 4.74 Å². The number of nitrogens with one attached hydrogen (secondary N) is 1. The largest absolute Gasteiger partial charge is 0.357 e. The Labute approximate surface area is 166 Å². The summed E-state index contributed by atoms with van der Waals surface area (Å²) in [6, 6.07) is 9.34. The van der Waals surface area contributed by atoms with Gasteiger partial charge in [-0.1, -0.05) is 56.9 Å². The molecule has 0 spiro atoms. The minimum atomic E-state index is 0.0585. The van der Waals surface area contributed by atoms with E-state index in [4.69, 9.17) is 4.74 Å². The van der Waals surface area contributed by atoms with Gasteiger partial charge in [0.05, 0.1) is 6.61 Å². The molecule has 0 aromatic heterocycles. The maximum absolute atomic E-state index is 5.94. The maximum atomic E-state index is 5.94. The lowest BCUT2D eigenvalue weighted by Gasteiger charge is -2.42. The first-order valence-electron chi connectivity index (χ1n) is 11.5. The number of hydrogen-bond acceptors (Lipinski definition) is 2. The summed E-state index contributed by atoms with van der Waals surface area (Å²) < 4.78 is 5.94. The number of hydrogen-bond donors (Lipinski definition) is 1. The van der Waals surface area contributed by atoms with Gasteiger partial charge in [0.2, 0.25) is 0 Å². The first kappa shape index (κ1) is 19.5. The second-order valence-electron chi connectivity index (χ2n) is 10.2. The molecule has 0 amide bonds. The van der Waals surface area contributed by atoms with Crippen molar-refractivity contribution in [1.29, 1.82) is 0 Å². The molecule has 5 unspecified atom stereocenters. The maximum Gasteiger partial charge on any atom is 0.134 e. The van der Waals surface area contributed by atoms with Gasteiger partial charge in [0, 0.05) is 5.54 Å². The average molecular weight is 370 g/mol. The summed E-state index contributed by atoms with van der Waals surface area (Å²) in [5.74, 6) is 3.82. The van der Waals surface area contributed by atoms with Crippen molar-refractivity contribution in [2.45, 2.75) is 96.2 Å². The van der Waals surface area contributed by atoms with Gasteiger partial charge in [0.25, 0.3) is 0 Å². The number of unbranched alkanes of at least 4 members (excludes halogenated alkanes) is 1. The van der Waals surface area contributed by atoms with E-state index in [-0.39, 0.29) is 11.8 Å². The van der Waals surface area contributed by atoms with Crippen LogP contribution in [0.25, 0.3) is 0 Å². The van der Waals surface area contributed by atoms with Crippen LogP contribution < -0.4 is 5.32 Å². The van der Waals surface area contributed by atoms with E-state index in [2.05, 4.69) is 50.4 Å². The summed E-state index contributed by atoms with van der Waals surface area (Å²) in [5.41, 5.74) is 2.91. The second-order valence-corrected chi connectivity index (χ2v) is 10.2. The van der Waals surface area contributed by atoms with Gasteiger partial charge in [0.1, 0.15) is 6.23 Å². The molecule has 1 heterocycles. The van der Waals surface area contributed by atoms with E-state index in [1.807, 2.05) is 0 Å². The van der Waals surface area contributed by atoms with Crippen molar-refractivity contribution in [2.75, 3.05) is 6.61 Å². The topological polar surface area (TPSA) is 21.3 Å². The Morgan fingerprint density at radius 3 is 2.37 bits per heavy atom. The van der Waals surface area contributed by atoms with Gasteiger partial charge in [-0.3, -0.25) is 5.32 Å². The van der Waals surface area contributed by atoms with Crippen LogP contribution in [0, 0.1) is 17.8 Å². The molecule has 150 valence electrons. The second kappa shape index (κ2) is 8.25. The van der Waals surface area contributed by atoms with Crippen LogP contribution in [0.15, 0.2) is 24.3 Å². The summed E-state index contributed by atoms with van der Waals surface area (Å²) in [4.78, 5) is 0. The van der Waals surface area contributed by atoms with E-state index in [1.54, 1.807) is 5.56 Å². The Kier molecular flexibility index (Phi) is 5.94. The molecule has 3 aliphatic rings. The molecule has 2 nitrogen and oxygen atoms in total. The summed E-state index contributed by atoms with van der Waals surface area (Å²) in [6.07, 6.45) is 13.1. The number of fused-ring (bicyclic) bond motifs is 1. The van der Waals surface area contributed by atoms with Crippen molar-refractivity contribution in [3.63, 3.8) is 0 Å². The Bertz CT molecular complexity index is 607. The first-order valence-corrected chi connectivity index (χ1v) is 11.5. The van der Waals surface area contributed by atoms with Crippen molar-refractivity contribution in [2.24, 2.45) is 17.8 Å². The Hall–Kier alpha value is -0.860. The molecule has 2 saturated carbocycles. The Morgan fingerprint density at radius 2 is 1.67 bits per heavy atom. The van der Waals surface area contributed by atoms with E-state index in [0.29, 0.717) is 0 Å². The minimum absolute atomic E-state index is 0.0585. The van der Waals surface area contributed by atoms with Crippen LogP contribution in [0.4, 0.5) is 0 Å². The normalized spacial score (nSPS) is 35.7.